The zero-order valence-electron chi connectivity index (χ0n) is 22.8. The third-order valence-electron chi connectivity index (χ3n) is 6.00. The predicted octanol–water partition coefficient (Wildman–Crippen LogP) is -0.542. The average molecular weight is 593 g/mol. The molecule has 1 aromatic rings. The third kappa shape index (κ3) is 10.5. The lowest BCUT2D eigenvalue weighted by molar-refractivity contribution is -0.146. The summed E-state index contributed by atoms with van der Waals surface area (Å²) in [5, 5.41) is 38.3. The number of nitrogens with one attached hydrogen (secondary N) is 3. The second kappa shape index (κ2) is 15.1. The van der Waals surface area contributed by atoms with E-state index < -0.39 is 91.0 Å². The first-order valence-electron chi connectivity index (χ1n) is 12.7. The summed E-state index contributed by atoms with van der Waals surface area (Å²) in [5.74, 6) is -6.86. The van der Waals surface area contributed by atoms with Gasteiger partial charge in [-0.05, 0) is 25.5 Å². The maximum absolute atomic E-state index is 13.2. The molecule has 228 valence electrons. The molecule has 3 amide bonds. The molecular weight excluding hydrogens is 560 g/mol. The van der Waals surface area contributed by atoms with Gasteiger partial charge in [0.25, 0.3) is 5.91 Å². The minimum absolute atomic E-state index is 0.0210. The molecule has 4 atom stereocenters. The van der Waals surface area contributed by atoms with Gasteiger partial charge < -0.3 is 40.8 Å². The highest BCUT2D eigenvalue weighted by Crippen LogP contribution is 2.27. The summed E-state index contributed by atoms with van der Waals surface area (Å²) in [7, 11) is 0. The van der Waals surface area contributed by atoms with Crippen molar-refractivity contribution < 1.29 is 58.5 Å². The Hall–Kier alpha value is -5.02. The first kappa shape index (κ1) is 33.2. The average Bonchev–Trinajstić information content (AvgIpc) is 3.31. The smallest absolute Gasteiger partial charge is 0.305 e. The second-order valence-electron chi connectivity index (χ2n) is 9.62. The van der Waals surface area contributed by atoms with Gasteiger partial charge in [-0.25, -0.2) is 0 Å². The van der Waals surface area contributed by atoms with Crippen LogP contribution in [0.5, 0.6) is 5.75 Å². The monoisotopic (exact) mass is 592 g/mol. The van der Waals surface area contributed by atoms with E-state index in [2.05, 4.69) is 21.1 Å². The Balaban J connectivity index is 2.14. The number of benzene rings is 1. The molecule has 0 saturated carbocycles. The van der Waals surface area contributed by atoms with Crippen molar-refractivity contribution >= 4 is 47.1 Å². The normalized spacial score (nSPS) is 17.8. The molecule has 0 spiro atoms. The number of carbonyl (C=O) groups excluding carboxylic acids is 4. The Morgan fingerprint density at radius 2 is 1.55 bits per heavy atom. The van der Waals surface area contributed by atoms with Crippen LogP contribution in [-0.2, 0) is 38.4 Å². The van der Waals surface area contributed by atoms with E-state index in [9.17, 15) is 38.7 Å². The standard InChI is InChI=1S/C26H32N4O12/c1-14(31)27-18(11-23(37)38)24(39)28-16(8-9-21(33)34)19-12-26(2,42-30-19)25(40)29-17(10-22(35)36)20(32)13-41-15-6-4-3-5-7-15/h3-7,16-18H,8-13H2,1-2H3,(H,27,31)(H,28,39)(H,29,40)(H,33,34)(H,35,36)(H,37,38). The molecular formula is C26H32N4O12. The van der Waals surface area contributed by atoms with E-state index in [0.29, 0.717) is 5.75 Å². The second-order valence-corrected chi connectivity index (χ2v) is 9.62. The highest BCUT2D eigenvalue weighted by atomic mass is 16.7. The lowest BCUT2D eigenvalue weighted by Crippen LogP contribution is -2.54. The molecule has 16 nitrogen and oxygen atoms in total. The number of rotatable bonds is 17. The number of hydrogen-bond acceptors (Lipinski definition) is 10. The summed E-state index contributed by atoms with van der Waals surface area (Å²) in [6.07, 6.45) is -2.49. The number of carboxylic acids is 3. The maximum atomic E-state index is 13.2. The van der Waals surface area contributed by atoms with Crippen LogP contribution in [0.2, 0.25) is 0 Å². The van der Waals surface area contributed by atoms with E-state index in [1.165, 1.54) is 6.92 Å². The van der Waals surface area contributed by atoms with Crippen LogP contribution in [0.3, 0.4) is 0 Å². The van der Waals surface area contributed by atoms with Gasteiger partial charge in [-0.15, -0.1) is 0 Å². The van der Waals surface area contributed by atoms with Crippen LogP contribution in [0, 0.1) is 0 Å². The van der Waals surface area contributed by atoms with E-state index >= 15 is 0 Å². The zero-order valence-corrected chi connectivity index (χ0v) is 22.8. The molecule has 0 aromatic heterocycles. The first-order chi connectivity index (χ1) is 19.7. The number of hydrogen-bond donors (Lipinski definition) is 6. The number of Topliss-reactive ketones (excluding diaryl/α,β-unsaturated/α-hetero) is 1. The molecule has 1 aliphatic heterocycles. The van der Waals surface area contributed by atoms with E-state index in [-0.39, 0.29) is 18.6 Å². The summed E-state index contributed by atoms with van der Waals surface area (Å²) in [6.45, 7) is 1.85. The Labute approximate surface area is 239 Å². The van der Waals surface area contributed by atoms with Crippen LogP contribution in [-0.4, -0.2) is 92.8 Å². The van der Waals surface area contributed by atoms with Crippen molar-refractivity contribution in [3.8, 4) is 5.75 Å². The van der Waals surface area contributed by atoms with E-state index in [1.54, 1.807) is 30.3 Å². The van der Waals surface area contributed by atoms with Crippen molar-refractivity contribution in [3.63, 3.8) is 0 Å². The molecule has 0 aliphatic carbocycles. The Bertz CT molecular complexity index is 1220. The number of carboxylic acid groups (broad SMARTS) is 3. The summed E-state index contributed by atoms with van der Waals surface area (Å²) >= 11 is 0. The SMILES string of the molecule is CC(=O)NC(CC(=O)O)C(=O)NC(CCC(=O)O)C1=NOC(C)(C(=O)NC(CC(=O)O)C(=O)COc2ccccc2)C1. The Morgan fingerprint density at radius 3 is 2.12 bits per heavy atom. The molecule has 0 saturated heterocycles. The number of ether oxygens (including phenoxy) is 1. The van der Waals surface area contributed by atoms with Gasteiger partial charge >= 0.3 is 17.9 Å². The number of ketones is 1. The maximum Gasteiger partial charge on any atom is 0.305 e. The third-order valence-corrected chi connectivity index (χ3v) is 6.00. The molecule has 6 N–H and O–H groups in total. The minimum atomic E-state index is -1.78. The zero-order chi connectivity index (χ0) is 31.4. The Morgan fingerprint density at radius 1 is 0.929 bits per heavy atom. The van der Waals surface area contributed by atoms with Crippen LogP contribution >= 0.6 is 0 Å². The van der Waals surface area contributed by atoms with E-state index in [0.717, 1.165) is 6.92 Å². The number of para-hydroxylation sites is 1. The van der Waals surface area contributed by atoms with Crippen molar-refractivity contribution in [2.45, 2.75) is 69.7 Å². The molecule has 16 heteroatoms. The quantitative estimate of drug-likeness (QED) is 0.133. The van der Waals surface area contributed by atoms with Gasteiger partial charge in [0.2, 0.25) is 17.4 Å². The van der Waals surface area contributed by atoms with Crippen LogP contribution in [0.15, 0.2) is 35.5 Å². The van der Waals surface area contributed by atoms with Gasteiger partial charge in [0.1, 0.15) is 24.4 Å². The fraction of sp³-hybridized carbons (Fsp3) is 0.462. The van der Waals surface area contributed by atoms with E-state index in [1.807, 2.05) is 0 Å². The summed E-state index contributed by atoms with van der Waals surface area (Å²) < 4.78 is 5.36. The lowest BCUT2D eigenvalue weighted by atomic mass is 9.92. The van der Waals surface area contributed by atoms with Crippen molar-refractivity contribution in [2.24, 2.45) is 5.16 Å². The topological polar surface area (TPSA) is 247 Å². The van der Waals surface area contributed by atoms with Gasteiger partial charge in [-0.2, -0.15) is 0 Å². The number of nitrogens with zero attached hydrogens (tertiary/aromatic N) is 1. The number of aliphatic carboxylic acids is 3. The van der Waals surface area contributed by atoms with Gasteiger partial charge in [-0.3, -0.25) is 33.6 Å². The van der Waals surface area contributed by atoms with Crippen LogP contribution in [0.1, 0.15) is 46.0 Å². The minimum Gasteiger partial charge on any atom is -0.486 e. The first-order valence-corrected chi connectivity index (χ1v) is 12.7. The number of carbonyl (C=O) groups is 7. The molecule has 1 aromatic carbocycles. The van der Waals surface area contributed by atoms with Crippen molar-refractivity contribution in [2.75, 3.05) is 6.61 Å². The molecule has 2 rings (SSSR count). The number of amides is 3. The van der Waals surface area contributed by atoms with Crippen LogP contribution in [0.4, 0.5) is 0 Å². The van der Waals surface area contributed by atoms with Gasteiger partial charge in [0, 0.05) is 19.8 Å². The summed E-state index contributed by atoms with van der Waals surface area (Å²) in [4.78, 5) is 89.2. The van der Waals surface area contributed by atoms with Crippen LogP contribution in [0.25, 0.3) is 0 Å². The predicted molar refractivity (Wildman–Crippen MR) is 141 cm³/mol. The van der Waals surface area contributed by atoms with Gasteiger partial charge in [0.05, 0.1) is 24.6 Å². The lowest BCUT2D eigenvalue weighted by Gasteiger charge is -2.25. The highest BCUT2D eigenvalue weighted by molar-refractivity contribution is 6.02. The molecule has 42 heavy (non-hydrogen) atoms. The van der Waals surface area contributed by atoms with E-state index in [4.69, 9.17) is 19.8 Å². The summed E-state index contributed by atoms with van der Waals surface area (Å²) in [6, 6.07) is 4.15. The summed E-state index contributed by atoms with van der Waals surface area (Å²) in [5.41, 5.74) is -1.76. The molecule has 0 fully saturated rings. The fourth-order valence-electron chi connectivity index (χ4n) is 3.87. The fourth-order valence-corrected chi connectivity index (χ4v) is 3.87. The molecule has 4 unspecified atom stereocenters. The van der Waals surface area contributed by atoms with Crippen molar-refractivity contribution in [1.82, 2.24) is 16.0 Å². The molecule has 1 aliphatic rings. The van der Waals surface area contributed by atoms with Crippen LogP contribution < -0.4 is 20.7 Å². The highest BCUT2D eigenvalue weighted by Gasteiger charge is 2.45. The van der Waals surface area contributed by atoms with Crippen molar-refractivity contribution in [1.29, 1.82) is 0 Å². The van der Waals surface area contributed by atoms with Gasteiger partial charge in [-0.1, -0.05) is 23.4 Å². The molecule has 1 heterocycles. The Kier molecular flexibility index (Phi) is 11.9. The molecule has 0 radical (unpaired) electrons. The number of oxime groups is 1. The van der Waals surface area contributed by atoms with Crippen molar-refractivity contribution in [3.05, 3.63) is 30.3 Å². The molecule has 0 bridgehead atoms. The largest absolute Gasteiger partial charge is 0.486 e. The van der Waals surface area contributed by atoms with Gasteiger partial charge in [0.15, 0.2) is 5.78 Å².